The average molecular weight is 223 g/mol. The van der Waals surface area contributed by atoms with Crippen LogP contribution in [-0.2, 0) is 6.42 Å². The predicted molar refractivity (Wildman–Crippen MR) is 59.3 cm³/mol. The van der Waals surface area contributed by atoms with Crippen LogP contribution in [0.5, 0.6) is 0 Å². The summed E-state index contributed by atoms with van der Waals surface area (Å²) in [5, 5.41) is 3.03. The molecule has 0 aliphatic heterocycles. The zero-order chi connectivity index (χ0) is 10.7. The molecule has 2 aromatic heterocycles. The molecule has 4 nitrogen and oxygen atoms in total. The summed E-state index contributed by atoms with van der Waals surface area (Å²) < 4.78 is 5.25. The molecule has 0 saturated carbocycles. The number of rotatable bonds is 4. The van der Waals surface area contributed by atoms with Crippen molar-refractivity contribution in [1.29, 1.82) is 0 Å². The third-order valence-corrected chi connectivity index (χ3v) is 3.02. The highest BCUT2D eigenvalue weighted by Gasteiger charge is 2.13. The van der Waals surface area contributed by atoms with Crippen LogP contribution in [0.3, 0.4) is 0 Å². The van der Waals surface area contributed by atoms with Crippen molar-refractivity contribution in [3.8, 4) is 0 Å². The van der Waals surface area contributed by atoms with Gasteiger partial charge in [-0.25, -0.2) is 4.98 Å². The number of nitrogens with zero attached hydrogens (tertiary/aromatic N) is 1. The van der Waals surface area contributed by atoms with E-state index in [0.717, 1.165) is 22.8 Å². The molecule has 0 aliphatic rings. The number of furan rings is 1. The van der Waals surface area contributed by atoms with E-state index in [1.165, 1.54) is 0 Å². The first-order valence-electron chi connectivity index (χ1n) is 4.69. The van der Waals surface area contributed by atoms with E-state index >= 15 is 0 Å². The lowest BCUT2D eigenvalue weighted by Crippen LogP contribution is -2.29. The zero-order valence-electron chi connectivity index (χ0n) is 8.43. The molecule has 0 aliphatic carbocycles. The molecular formula is C10H13N3OS. The van der Waals surface area contributed by atoms with Gasteiger partial charge in [-0.15, -0.1) is 11.3 Å². The molecule has 5 heteroatoms. The summed E-state index contributed by atoms with van der Waals surface area (Å²) >= 11 is 1.63. The zero-order valence-corrected chi connectivity index (χ0v) is 9.25. The Kier molecular flexibility index (Phi) is 3.15. The van der Waals surface area contributed by atoms with Gasteiger partial charge in [0.15, 0.2) is 0 Å². The van der Waals surface area contributed by atoms with Gasteiger partial charge in [0.2, 0.25) is 0 Å². The molecule has 15 heavy (non-hydrogen) atoms. The maximum Gasteiger partial charge on any atom is 0.101 e. The fourth-order valence-corrected chi connectivity index (χ4v) is 2.11. The highest BCUT2D eigenvalue weighted by molar-refractivity contribution is 7.09. The van der Waals surface area contributed by atoms with E-state index in [4.69, 9.17) is 10.3 Å². The lowest BCUT2D eigenvalue weighted by Gasteiger charge is -2.11. The molecule has 0 amide bonds. The Balaban J connectivity index is 2.11. The third-order valence-electron chi connectivity index (χ3n) is 2.22. The van der Waals surface area contributed by atoms with Crippen LogP contribution in [0, 0.1) is 6.92 Å². The summed E-state index contributed by atoms with van der Waals surface area (Å²) in [5.74, 6) is 6.41. The predicted octanol–water partition coefficient (Wildman–Crippen LogP) is 1.79. The number of aromatic nitrogens is 1. The second-order valence-corrected chi connectivity index (χ2v) is 4.32. The number of nitrogens with one attached hydrogen (secondary N) is 1. The molecule has 1 unspecified atom stereocenters. The number of hydrazine groups is 1. The second kappa shape index (κ2) is 4.57. The maximum absolute atomic E-state index is 5.52. The fraction of sp³-hybridized carbons (Fsp3) is 0.300. The van der Waals surface area contributed by atoms with Gasteiger partial charge < -0.3 is 4.42 Å². The van der Waals surface area contributed by atoms with Crippen molar-refractivity contribution >= 4 is 11.3 Å². The highest BCUT2D eigenvalue weighted by Crippen LogP contribution is 2.20. The van der Waals surface area contributed by atoms with Crippen LogP contribution in [0.4, 0.5) is 0 Å². The summed E-state index contributed by atoms with van der Waals surface area (Å²) in [6.07, 6.45) is 4.31. The van der Waals surface area contributed by atoms with Gasteiger partial charge in [0.05, 0.1) is 17.3 Å². The Bertz CT molecular complexity index is 410. The first-order valence-corrected chi connectivity index (χ1v) is 5.57. The van der Waals surface area contributed by atoms with Gasteiger partial charge in [-0.3, -0.25) is 11.3 Å². The van der Waals surface area contributed by atoms with Crippen molar-refractivity contribution in [2.75, 3.05) is 0 Å². The summed E-state index contributed by atoms with van der Waals surface area (Å²) in [6.45, 7) is 1.92. The van der Waals surface area contributed by atoms with E-state index in [9.17, 15) is 0 Å². The second-order valence-electron chi connectivity index (χ2n) is 3.34. The SMILES string of the molecule is Cc1cc(C(Cc2nccs2)NN)co1. The minimum atomic E-state index is 0.0635. The van der Waals surface area contributed by atoms with E-state index in [-0.39, 0.29) is 6.04 Å². The minimum Gasteiger partial charge on any atom is -0.469 e. The van der Waals surface area contributed by atoms with Crippen LogP contribution in [0.1, 0.15) is 22.4 Å². The average Bonchev–Trinajstić information content (AvgIpc) is 2.85. The van der Waals surface area contributed by atoms with Crippen molar-refractivity contribution < 1.29 is 4.42 Å². The van der Waals surface area contributed by atoms with E-state index in [1.807, 2.05) is 18.4 Å². The third kappa shape index (κ3) is 2.44. The Labute approximate surface area is 92.1 Å². The molecule has 0 spiro atoms. The molecule has 2 heterocycles. The summed E-state index contributed by atoms with van der Waals surface area (Å²) in [5.41, 5.74) is 3.84. The van der Waals surface area contributed by atoms with Gasteiger partial charge in [0.1, 0.15) is 5.76 Å². The van der Waals surface area contributed by atoms with Crippen molar-refractivity contribution in [3.05, 3.63) is 40.2 Å². The van der Waals surface area contributed by atoms with E-state index in [1.54, 1.807) is 23.8 Å². The molecule has 1 atom stereocenters. The molecule has 80 valence electrons. The first-order chi connectivity index (χ1) is 7.29. The Morgan fingerprint density at radius 1 is 1.67 bits per heavy atom. The van der Waals surface area contributed by atoms with E-state index < -0.39 is 0 Å². The van der Waals surface area contributed by atoms with E-state index in [2.05, 4.69) is 10.4 Å². The topological polar surface area (TPSA) is 64.1 Å². The molecule has 0 fully saturated rings. The van der Waals surface area contributed by atoms with Crippen LogP contribution in [-0.4, -0.2) is 4.98 Å². The van der Waals surface area contributed by atoms with E-state index in [0.29, 0.717) is 0 Å². The number of hydrogen-bond donors (Lipinski definition) is 2. The normalized spacial score (nSPS) is 12.9. The molecule has 0 radical (unpaired) electrons. The van der Waals surface area contributed by atoms with Crippen LogP contribution in [0.2, 0.25) is 0 Å². The largest absolute Gasteiger partial charge is 0.469 e. The molecular weight excluding hydrogens is 210 g/mol. The van der Waals surface area contributed by atoms with Gasteiger partial charge in [-0.1, -0.05) is 0 Å². The lowest BCUT2D eigenvalue weighted by atomic mass is 10.1. The number of nitrogens with two attached hydrogens (primary N) is 1. The van der Waals surface area contributed by atoms with Crippen molar-refractivity contribution in [2.24, 2.45) is 5.84 Å². The maximum atomic E-state index is 5.52. The van der Waals surface area contributed by atoms with Crippen LogP contribution in [0.25, 0.3) is 0 Å². The Morgan fingerprint density at radius 2 is 2.53 bits per heavy atom. The molecule has 2 aromatic rings. The fourth-order valence-electron chi connectivity index (χ4n) is 1.45. The Morgan fingerprint density at radius 3 is 3.07 bits per heavy atom. The quantitative estimate of drug-likeness (QED) is 0.612. The van der Waals surface area contributed by atoms with Crippen LogP contribution < -0.4 is 11.3 Å². The van der Waals surface area contributed by atoms with Crippen LogP contribution in [0.15, 0.2) is 28.3 Å². The minimum absolute atomic E-state index is 0.0635. The van der Waals surface area contributed by atoms with Crippen molar-refractivity contribution in [3.63, 3.8) is 0 Å². The first kappa shape index (κ1) is 10.4. The number of hydrogen-bond acceptors (Lipinski definition) is 5. The van der Waals surface area contributed by atoms with Gasteiger partial charge in [-0.05, 0) is 13.0 Å². The molecule has 0 saturated heterocycles. The van der Waals surface area contributed by atoms with Crippen molar-refractivity contribution in [2.45, 2.75) is 19.4 Å². The smallest absolute Gasteiger partial charge is 0.101 e. The highest BCUT2D eigenvalue weighted by atomic mass is 32.1. The number of thiazole rings is 1. The molecule has 0 bridgehead atoms. The molecule has 3 N–H and O–H groups in total. The number of aryl methyl sites for hydroxylation is 1. The van der Waals surface area contributed by atoms with Gasteiger partial charge in [0, 0.05) is 23.6 Å². The summed E-state index contributed by atoms with van der Waals surface area (Å²) in [4.78, 5) is 4.23. The van der Waals surface area contributed by atoms with Gasteiger partial charge in [-0.2, -0.15) is 0 Å². The monoisotopic (exact) mass is 223 g/mol. The summed E-state index contributed by atoms with van der Waals surface area (Å²) in [7, 11) is 0. The molecule has 0 aromatic carbocycles. The molecule has 2 rings (SSSR count). The van der Waals surface area contributed by atoms with Crippen molar-refractivity contribution in [1.82, 2.24) is 10.4 Å². The van der Waals surface area contributed by atoms with Gasteiger partial charge >= 0.3 is 0 Å². The summed E-state index contributed by atoms with van der Waals surface area (Å²) in [6, 6.07) is 2.05. The van der Waals surface area contributed by atoms with Crippen LogP contribution >= 0.6 is 11.3 Å². The van der Waals surface area contributed by atoms with Gasteiger partial charge in [0.25, 0.3) is 0 Å². The Hall–Kier alpha value is -1.17. The lowest BCUT2D eigenvalue weighted by molar-refractivity contribution is 0.511. The standard InChI is InChI=1S/C10H13N3OS/c1-7-4-8(6-14-7)9(13-11)5-10-12-2-3-15-10/h2-4,6,9,13H,5,11H2,1H3.